The lowest BCUT2D eigenvalue weighted by atomic mass is 10.1. The van der Waals surface area contributed by atoms with E-state index in [9.17, 15) is 27.6 Å². The quantitative estimate of drug-likeness (QED) is 0.364. The van der Waals surface area contributed by atoms with Crippen molar-refractivity contribution in [3.63, 3.8) is 0 Å². The fourth-order valence-corrected chi connectivity index (χ4v) is 6.02. The van der Waals surface area contributed by atoms with Gasteiger partial charge in [-0.25, -0.2) is 4.79 Å². The van der Waals surface area contributed by atoms with Crippen LogP contribution in [0.4, 0.5) is 29.3 Å². The number of nitrogens with one attached hydrogen (secondary N) is 1. The van der Waals surface area contributed by atoms with Gasteiger partial charge < -0.3 is 29.2 Å². The summed E-state index contributed by atoms with van der Waals surface area (Å²) in [7, 11) is 0. The van der Waals surface area contributed by atoms with Gasteiger partial charge in [-0.15, -0.1) is 5.10 Å². The highest BCUT2D eigenvalue weighted by atomic mass is 35.5. The Bertz CT molecular complexity index is 1800. The maximum Gasteiger partial charge on any atom is 0.416 e. The molecule has 48 heavy (non-hydrogen) atoms. The second-order valence-corrected chi connectivity index (χ2v) is 13.2. The number of halogens is 4. The summed E-state index contributed by atoms with van der Waals surface area (Å²) >= 11 is 6.12. The normalized spacial score (nSPS) is 17.7. The van der Waals surface area contributed by atoms with Crippen molar-refractivity contribution in [1.29, 1.82) is 0 Å². The van der Waals surface area contributed by atoms with Crippen LogP contribution in [0.5, 0.6) is 0 Å². The number of anilines is 2. The first-order valence-corrected chi connectivity index (χ1v) is 16.2. The Kier molecular flexibility index (Phi) is 10.1. The number of amides is 2. The van der Waals surface area contributed by atoms with Crippen molar-refractivity contribution >= 4 is 46.3 Å². The summed E-state index contributed by atoms with van der Waals surface area (Å²) in [6.45, 7) is 10.7. The average Bonchev–Trinajstić information content (AvgIpc) is 3.37. The lowest BCUT2D eigenvalue weighted by Gasteiger charge is -2.30. The van der Waals surface area contributed by atoms with Crippen LogP contribution in [0.2, 0.25) is 5.02 Å². The number of carbonyl (C=O) groups excluding carboxylic acids is 2. The minimum Gasteiger partial charge on any atom is -0.444 e. The van der Waals surface area contributed by atoms with Gasteiger partial charge in [0.15, 0.2) is 5.82 Å². The van der Waals surface area contributed by atoms with Crippen LogP contribution in [0.15, 0.2) is 29.1 Å². The van der Waals surface area contributed by atoms with Gasteiger partial charge in [0, 0.05) is 25.7 Å². The Labute approximate surface area is 280 Å². The third-order valence-electron chi connectivity index (χ3n) is 8.19. The minimum atomic E-state index is -4.60. The van der Waals surface area contributed by atoms with E-state index >= 15 is 0 Å². The highest BCUT2D eigenvalue weighted by Crippen LogP contribution is 2.34. The van der Waals surface area contributed by atoms with Crippen LogP contribution in [-0.4, -0.2) is 80.6 Å². The van der Waals surface area contributed by atoms with Gasteiger partial charge in [-0.1, -0.05) is 24.6 Å². The highest BCUT2D eigenvalue weighted by molar-refractivity contribution is 6.33. The molecule has 0 spiro atoms. The Morgan fingerprint density at radius 1 is 1.17 bits per heavy atom. The molecule has 4 heterocycles. The molecule has 2 aromatic heterocycles. The summed E-state index contributed by atoms with van der Waals surface area (Å²) in [5.74, 6) is -0.136. The van der Waals surface area contributed by atoms with Gasteiger partial charge >= 0.3 is 12.3 Å². The Hall–Kier alpha value is -4.11. The molecule has 1 fully saturated rings. The van der Waals surface area contributed by atoms with Crippen molar-refractivity contribution in [1.82, 2.24) is 24.1 Å². The first-order valence-electron chi connectivity index (χ1n) is 15.8. The van der Waals surface area contributed by atoms with Crippen molar-refractivity contribution in [2.24, 2.45) is 0 Å². The van der Waals surface area contributed by atoms with Crippen LogP contribution in [-0.2, 0) is 33.4 Å². The molecule has 16 heteroatoms. The van der Waals surface area contributed by atoms with E-state index in [0.717, 1.165) is 23.8 Å². The number of carbonyl (C=O) groups is 2. The average molecular weight is 694 g/mol. The highest BCUT2D eigenvalue weighted by Gasteiger charge is 2.33. The van der Waals surface area contributed by atoms with Gasteiger partial charge in [0.2, 0.25) is 11.7 Å². The maximum atomic E-state index is 14.2. The molecule has 0 bridgehead atoms. The van der Waals surface area contributed by atoms with E-state index in [2.05, 4.69) is 15.4 Å². The second kappa shape index (κ2) is 13.8. The van der Waals surface area contributed by atoms with E-state index in [0.29, 0.717) is 69.3 Å². The molecule has 3 aromatic rings. The van der Waals surface area contributed by atoms with Gasteiger partial charge in [0.05, 0.1) is 35.2 Å². The standard InChI is InChI=1S/C32H39ClF3N7O5/c1-6-24-26(40-12-9-19(2)41(14-13-40)30(46)48-31(3,4)5)28(45)43-29(38-27(39-43)20-10-15-47-16-11-20)42(24)18-25(44)37-23-8-7-21(17-22(23)33)32(34,35)36/h7-8,10,17,19H,6,9,11-16,18H2,1-5H3,(H,37,44)/t19-/m0/s1. The monoisotopic (exact) mass is 693 g/mol. The number of nitrogens with zero attached hydrogens (tertiary/aromatic N) is 6. The molecule has 0 unspecified atom stereocenters. The molecule has 2 aliphatic rings. The summed E-state index contributed by atoms with van der Waals surface area (Å²) in [6, 6.07) is 2.51. The molecular formula is C32H39ClF3N7O5. The van der Waals surface area contributed by atoms with Crippen LogP contribution in [0, 0.1) is 0 Å². The van der Waals surface area contributed by atoms with Crippen LogP contribution >= 0.6 is 11.6 Å². The first kappa shape index (κ1) is 35.2. The zero-order chi connectivity index (χ0) is 35.0. The van der Waals surface area contributed by atoms with E-state index in [1.54, 1.807) is 30.2 Å². The number of hydrogen-bond donors (Lipinski definition) is 1. The SMILES string of the molecule is CCc1c(N2CC[C@H](C)N(C(=O)OC(C)(C)C)CC2)c(=O)n2nc(C3=CCOCC3)nc2n1CC(=O)Nc1ccc(C(F)(F)F)cc1Cl. The summed E-state index contributed by atoms with van der Waals surface area (Å²) in [5, 5.41) is 6.89. The van der Waals surface area contributed by atoms with Gasteiger partial charge in [-0.2, -0.15) is 22.7 Å². The summed E-state index contributed by atoms with van der Waals surface area (Å²) in [4.78, 5) is 49.0. The molecule has 1 saturated heterocycles. The number of ether oxygens (including phenoxy) is 2. The molecule has 2 aliphatic heterocycles. The molecule has 0 aliphatic carbocycles. The third-order valence-corrected chi connectivity index (χ3v) is 8.50. The Morgan fingerprint density at radius 2 is 1.92 bits per heavy atom. The number of benzene rings is 1. The van der Waals surface area contributed by atoms with Crippen LogP contribution in [0.3, 0.4) is 0 Å². The molecular weight excluding hydrogens is 655 g/mol. The van der Waals surface area contributed by atoms with Crippen LogP contribution in [0.1, 0.15) is 64.5 Å². The van der Waals surface area contributed by atoms with Gasteiger partial charge in [-0.3, -0.25) is 9.59 Å². The fourth-order valence-electron chi connectivity index (χ4n) is 5.80. The lowest BCUT2D eigenvalue weighted by Crippen LogP contribution is -2.43. The molecule has 12 nitrogen and oxygen atoms in total. The van der Waals surface area contributed by atoms with Crippen molar-refractivity contribution in [3.05, 3.63) is 56.7 Å². The number of aromatic nitrogens is 4. The minimum absolute atomic E-state index is 0.00302. The zero-order valence-corrected chi connectivity index (χ0v) is 28.2. The van der Waals surface area contributed by atoms with E-state index in [1.807, 2.05) is 24.8 Å². The smallest absolute Gasteiger partial charge is 0.416 e. The maximum absolute atomic E-state index is 14.2. The van der Waals surface area contributed by atoms with Gasteiger partial charge in [0.25, 0.3) is 5.56 Å². The van der Waals surface area contributed by atoms with Crippen molar-refractivity contribution in [2.75, 3.05) is 43.1 Å². The topological polar surface area (TPSA) is 123 Å². The van der Waals surface area contributed by atoms with E-state index in [1.165, 1.54) is 4.52 Å². The second-order valence-electron chi connectivity index (χ2n) is 12.8. The number of hydrogen-bond acceptors (Lipinski definition) is 8. The predicted octanol–water partition coefficient (Wildman–Crippen LogP) is 5.40. The van der Waals surface area contributed by atoms with Gasteiger partial charge in [0.1, 0.15) is 17.8 Å². The molecule has 0 saturated carbocycles. The van der Waals surface area contributed by atoms with E-state index in [4.69, 9.17) is 21.1 Å². The van der Waals surface area contributed by atoms with E-state index in [-0.39, 0.29) is 29.1 Å². The van der Waals surface area contributed by atoms with Crippen molar-refractivity contribution < 1.29 is 32.2 Å². The van der Waals surface area contributed by atoms with Crippen molar-refractivity contribution in [2.45, 2.75) is 78.2 Å². The lowest BCUT2D eigenvalue weighted by molar-refractivity contribution is -0.137. The Morgan fingerprint density at radius 3 is 2.54 bits per heavy atom. The Balaban J connectivity index is 1.55. The molecule has 260 valence electrons. The third kappa shape index (κ3) is 7.62. The first-order chi connectivity index (χ1) is 22.6. The largest absolute Gasteiger partial charge is 0.444 e. The number of rotatable bonds is 6. The summed E-state index contributed by atoms with van der Waals surface area (Å²) in [6.07, 6.45) is -1.78. The number of alkyl halides is 3. The van der Waals surface area contributed by atoms with Crippen LogP contribution in [0.25, 0.3) is 11.4 Å². The molecule has 2 amide bonds. The summed E-state index contributed by atoms with van der Waals surface area (Å²) in [5.41, 5.74) is -0.404. The van der Waals surface area contributed by atoms with E-state index < -0.39 is 34.9 Å². The van der Waals surface area contributed by atoms with Crippen LogP contribution < -0.4 is 15.8 Å². The fraction of sp³-hybridized carbons (Fsp3) is 0.531. The number of fused-ring (bicyclic) bond motifs is 1. The van der Waals surface area contributed by atoms with Crippen molar-refractivity contribution in [3.8, 4) is 0 Å². The molecule has 1 aromatic carbocycles. The summed E-state index contributed by atoms with van der Waals surface area (Å²) < 4.78 is 53.4. The zero-order valence-electron chi connectivity index (χ0n) is 27.5. The van der Waals surface area contributed by atoms with Gasteiger partial charge in [-0.05, 0) is 70.7 Å². The molecule has 1 atom stereocenters. The molecule has 1 N–H and O–H groups in total. The molecule has 5 rings (SSSR count). The molecule has 0 radical (unpaired) electrons. The predicted molar refractivity (Wildman–Crippen MR) is 174 cm³/mol.